The van der Waals surface area contributed by atoms with Gasteiger partial charge in [-0.05, 0) is 56.2 Å². The summed E-state index contributed by atoms with van der Waals surface area (Å²) in [6.07, 6.45) is 6.55. The summed E-state index contributed by atoms with van der Waals surface area (Å²) in [7, 11) is 0. The van der Waals surface area contributed by atoms with E-state index in [1.807, 2.05) is 11.8 Å². The molecule has 0 atom stereocenters. The molecule has 1 aromatic rings. The highest BCUT2D eigenvalue weighted by Gasteiger charge is 2.21. The van der Waals surface area contributed by atoms with Crippen LogP contribution in [0.2, 0.25) is 0 Å². The molecule has 18 heavy (non-hydrogen) atoms. The van der Waals surface area contributed by atoms with Gasteiger partial charge in [-0.15, -0.1) is 0 Å². The van der Waals surface area contributed by atoms with Crippen LogP contribution in [0.25, 0.3) is 0 Å². The highest BCUT2D eigenvalue weighted by Crippen LogP contribution is 2.26. The summed E-state index contributed by atoms with van der Waals surface area (Å²) in [6.45, 7) is 0. The molecule has 0 spiro atoms. The lowest BCUT2D eigenvalue weighted by molar-refractivity contribution is 0.0928. The van der Waals surface area contributed by atoms with E-state index in [1.165, 1.54) is 24.3 Å². The van der Waals surface area contributed by atoms with E-state index in [0.717, 1.165) is 30.9 Å². The largest absolute Gasteiger partial charge is 0.349 e. The summed E-state index contributed by atoms with van der Waals surface area (Å²) in [6, 6.07) is 5.96. The zero-order chi connectivity index (χ0) is 13.0. The predicted octanol–water partition coefficient (Wildman–Crippen LogP) is 3.23. The van der Waals surface area contributed by atoms with Crippen molar-refractivity contribution in [1.29, 1.82) is 0 Å². The fraction of sp³-hybridized carbons (Fsp3) is 0.500. The van der Waals surface area contributed by atoms with Gasteiger partial charge in [-0.3, -0.25) is 4.79 Å². The minimum absolute atomic E-state index is 0.0948. The molecule has 1 aliphatic rings. The van der Waals surface area contributed by atoms with E-state index in [1.54, 1.807) is 0 Å². The fourth-order valence-electron chi connectivity index (χ4n) is 2.31. The van der Waals surface area contributed by atoms with Crippen molar-refractivity contribution >= 4 is 17.7 Å². The lowest BCUT2D eigenvalue weighted by Gasteiger charge is -2.28. The van der Waals surface area contributed by atoms with Gasteiger partial charge in [-0.1, -0.05) is 0 Å². The number of halogens is 1. The van der Waals surface area contributed by atoms with E-state index >= 15 is 0 Å². The molecule has 0 radical (unpaired) electrons. The molecule has 1 N–H and O–H groups in total. The van der Waals surface area contributed by atoms with Crippen molar-refractivity contribution in [1.82, 2.24) is 5.32 Å². The number of amides is 1. The molecule has 1 fully saturated rings. The van der Waals surface area contributed by atoms with E-state index in [-0.39, 0.29) is 17.8 Å². The molecule has 0 unspecified atom stereocenters. The fourth-order valence-corrected chi connectivity index (χ4v) is 3.06. The number of hydrogen-bond donors (Lipinski definition) is 1. The molecule has 1 amide bonds. The number of hydrogen-bond acceptors (Lipinski definition) is 2. The molecule has 0 saturated heterocycles. The summed E-state index contributed by atoms with van der Waals surface area (Å²) >= 11 is 1.91. The average molecular weight is 267 g/mol. The minimum Gasteiger partial charge on any atom is -0.349 e. The lowest BCUT2D eigenvalue weighted by Crippen LogP contribution is -2.38. The first-order valence-corrected chi connectivity index (χ1v) is 7.57. The van der Waals surface area contributed by atoms with Gasteiger partial charge in [0.1, 0.15) is 5.82 Å². The SMILES string of the molecule is CSC1CCC(NC(=O)c2ccc(F)cc2)CC1. The second-order valence-corrected chi connectivity index (χ2v) is 5.83. The van der Waals surface area contributed by atoms with Crippen molar-refractivity contribution in [3.05, 3.63) is 35.6 Å². The quantitative estimate of drug-likeness (QED) is 0.911. The van der Waals surface area contributed by atoms with Gasteiger partial charge < -0.3 is 5.32 Å². The standard InChI is InChI=1S/C14H18FNOS/c1-18-13-8-6-12(7-9-13)16-14(17)10-2-4-11(15)5-3-10/h2-5,12-13H,6-9H2,1H3,(H,16,17). The van der Waals surface area contributed by atoms with Crippen LogP contribution in [-0.4, -0.2) is 23.5 Å². The van der Waals surface area contributed by atoms with Crippen LogP contribution >= 0.6 is 11.8 Å². The zero-order valence-electron chi connectivity index (χ0n) is 10.5. The first-order chi connectivity index (χ1) is 8.69. The highest BCUT2D eigenvalue weighted by molar-refractivity contribution is 7.99. The first kappa shape index (κ1) is 13.4. The second kappa shape index (κ2) is 6.23. The minimum atomic E-state index is -0.313. The maximum absolute atomic E-state index is 12.8. The van der Waals surface area contributed by atoms with Gasteiger partial charge in [0.15, 0.2) is 0 Å². The van der Waals surface area contributed by atoms with Crippen LogP contribution in [0.4, 0.5) is 4.39 Å². The molecule has 0 aromatic heterocycles. The van der Waals surface area contributed by atoms with Crippen LogP contribution in [0, 0.1) is 5.82 Å². The Morgan fingerprint density at radius 2 is 1.83 bits per heavy atom. The molecule has 1 aromatic carbocycles. The number of nitrogens with one attached hydrogen (secondary N) is 1. The van der Waals surface area contributed by atoms with E-state index < -0.39 is 0 Å². The number of benzene rings is 1. The van der Waals surface area contributed by atoms with Gasteiger partial charge in [0.05, 0.1) is 0 Å². The summed E-state index contributed by atoms with van der Waals surface area (Å²) in [5.41, 5.74) is 0.531. The van der Waals surface area contributed by atoms with Crippen LogP contribution in [0.5, 0.6) is 0 Å². The van der Waals surface area contributed by atoms with Gasteiger partial charge in [0.25, 0.3) is 5.91 Å². The Labute approximate surface area is 111 Å². The smallest absolute Gasteiger partial charge is 0.251 e. The molecule has 0 bridgehead atoms. The number of carbonyl (C=O) groups is 1. The molecular weight excluding hydrogens is 249 g/mol. The Kier molecular flexibility index (Phi) is 4.64. The maximum atomic E-state index is 12.8. The Hall–Kier alpha value is -1.03. The van der Waals surface area contributed by atoms with Gasteiger partial charge in [0.2, 0.25) is 0 Å². The molecule has 0 heterocycles. The van der Waals surface area contributed by atoms with Crippen LogP contribution in [0.1, 0.15) is 36.0 Å². The third-order valence-electron chi connectivity index (χ3n) is 3.45. The van der Waals surface area contributed by atoms with E-state index in [4.69, 9.17) is 0 Å². The first-order valence-electron chi connectivity index (χ1n) is 6.28. The van der Waals surface area contributed by atoms with Gasteiger partial charge in [0, 0.05) is 16.9 Å². The molecule has 4 heteroatoms. The number of carbonyl (C=O) groups excluding carboxylic acids is 1. The molecule has 1 saturated carbocycles. The summed E-state index contributed by atoms with van der Waals surface area (Å²) < 4.78 is 12.8. The summed E-state index contributed by atoms with van der Waals surface area (Å²) in [5, 5.41) is 3.77. The molecule has 2 rings (SSSR count). The predicted molar refractivity (Wildman–Crippen MR) is 73.4 cm³/mol. The Bertz CT molecular complexity index is 399. The summed E-state index contributed by atoms with van der Waals surface area (Å²) in [4.78, 5) is 11.9. The van der Waals surface area contributed by atoms with Crippen LogP contribution in [0.3, 0.4) is 0 Å². The molecule has 1 aliphatic carbocycles. The average Bonchev–Trinajstić information content (AvgIpc) is 2.40. The monoisotopic (exact) mass is 267 g/mol. The molecule has 2 nitrogen and oxygen atoms in total. The number of rotatable bonds is 3. The van der Waals surface area contributed by atoms with E-state index in [2.05, 4.69) is 11.6 Å². The van der Waals surface area contributed by atoms with Crippen molar-refractivity contribution in [2.24, 2.45) is 0 Å². The van der Waals surface area contributed by atoms with Crippen molar-refractivity contribution in [3.8, 4) is 0 Å². The van der Waals surface area contributed by atoms with E-state index in [9.17, 15) is 9.18 Å². The normalized spacial score (nSPS) is 23.7. The van der Waals surface area contributed by atoms with Crippen molar-refractivity contribution < 1.29 is 9.18 Å². The molecular formula is C14H18FNOS. The Morgan fingerprint density at radius 3 is 2.39 bits per heavy atom. The Morgan fingerprint density at radius 1 is 1.22 bits per heavy atom. The second-order valence-electron chi connectivity index (χ2n) is 4.69. The molecule has 98 valence electrons. The maximum Gasteiger partial charge on any atom is 0.251 e. The lowest BCUT2D eigenvalue weighted by atomic mass is 9.94. The van der Waals surface area contributed by atoms with Crippen molar-refractivity contribution in [2.45, 2.75) is 37.0 Å². The van der Waals surface area contributed by atoms with Crippen LogP contribution < -0.4 is 5.32 Å². The Balaban J connectivity index is 1.86. The topological polar surface area (TPSA) is 29.1 Å². The van der Waals surface area contributed by atoms with Crippen molar-refractivity contribution in [2.75, 3.05) is 6.26 Å². The third-order valence-corrected chi connectivity index (χ3v) is 4.59. The third kappa shape index (κ3) is 3.48. The van der Waals surface area contributed by atoms with Crippen molar-refractivity contribution in [3.63, 3.8) is 0 Å². The highest BCUT2D eigenvalue weighted by atomic mass is 32.2. The summed E-state index contributed by atoms with van der Waals surface area (Å²) in [5.74, 6) is -0.408. The van der Waals surface area contributed by atoms with Gasteiger partial charge in [-0.25, -0.2) is 4.39 Å². The molecule has 0 aliphatic heterocycles. The van der Waals surface area contributed by atoms with E-state index in [0.29, 0.717) is 5.56 Å². The number of thioether (sulfide) groups is 1. The zero-order valence-corrected chi connectivity index (χ0v) is 11.3. The van der Waals surface area contributed by atoms with Crippen LogP contribution in [-0.2, 0) is 0 Å². The van der Waals surface area contributed by atoms with Gasteiger partial charge >= 0.3 is 0 Å². The van der Waals surface area contributed by atoms with Crippen LogP contribution in [0.15, 0.2) is 24.3 Å². The van der Waals surface area contributed by atoms with Gasteiger partial charge in [-0.2, -0.15) is 11.8 Å².